The Bertz CT molecular complexity index is 1030. The van der Waals surface area contributed by atoms with Gasteiger partial charge in [-0.25, -0.2) is 8.78 Å². The molecule has 2 saturated carbocycles. The number of halogens is 2. The van der Waals surface area contributed by atoms with Crippen molar-refractivity contribution in [1.82, 2.24) is 20.1 Å². The van der Waals surface area contributed by atoms with Crippen molar-refractivity contribution in [1.29, 1.82) is 0 Å². The molecule has 0 bridgehead atoms. The molecule has 3 N–H and O–H groups in total. The summed E-state index contributed by atoms with van der Waals surface area (Å²) in [6, 6.07) is 10.4. The number of hydrogen-bond donors (Lipinski definition) is 2. The van der Waals surface area contributed by atoms with Gasteiger partial charge in [0.05, 0.1) is 6.04 Å². The third kappa shape index (κ3) is 7.39. The van der Waals surface area contributed by atoms with Crippen molar-refractivity contribution < 1.29 is 13.6 Å². The van der Waals surface area contributed by atoms with Crippen LogP contribution in [0.4, 0.5) is 8.78 Å². The van der Waals surface area contributed by atoms with E-state index in [9.17, 15) is 13.6 Å². The van der Waals surface area contributed by atoms with Gasteiger partial charge in [-0.15, -0.1) is 10.2 Å². The highest BCUT2D eigenvalue weighted by molar-refractivity contribution is 5.79. The van der Waals surface area contributed by atoms with Gasteiger partial charge in [-0.1, -0.05) is 57.0 Å². The van der Waals surface area contributed by atoms with Gasteiger partial charge in [0.25, 0.3) is 0 Å². The van der Waals surface area contributed by atoms with Crippen molar-refractivity contribution in [3.8, 4) is 0 Å². The van der Waals surface area contributed by atoms with E-state index in [1.54, 1.807) is 0 Å². The Morgan fingerprint density at radius 2 is 1.82 bits per heavy atom. The van der Waals surface area contributed by atoms with Gasteiger partial charge < -0.3 is 15.6 Å². The zero-order valence-electron chi connectivity index (χ0n) is 23.2. The molecule has 1 heterocycles. The van der Waals surface area contributed by atoms with Crippen molar-refractivity contribution in [3.05, 3.63) is 47.5 Å². The highest BCUT2D eigenvalue weighted by Gasteiger charge is 2.38. The van der Waals surface area contributed by atoms with Gasteiger partial charge in [0.2, 0.25) is 11.8 Å². The van der Waals surface area contributed by atoms with Gasteiger partial charge in [-0.2, -0.15) is 0 Å². The predicted octanol–water partition coefficient (Wildman–Crippen LogP) is 6.62. The van der Waals surface area contributed by atoms with Crippen molar-refractivity contribution in [2.45, 2.75) is 121 Å². The first-order valence-corrected chi connectivity index (χ1v) is 14.5. The molecule has 2 aliphatic rings. The average molecular weight is 530 g/mol. The smallest absolute Gasteiger partial charge is 0.248 e. The number of hydrogen-bond acceptors (Lipinski definition) is 4. The zero-order chi connectivity index (χ0) is 27.3. The fraction of sp³-hybridized carbons (Fsp3) is 0.700. The van der Waals surface area contributed by atoms with Crippen molar-refractivity contribution in [2.24, 2.45) is 17.6 Å². The molecule has 0 aliphatic heterocycles. The lowest BCUT2D eigenvalue weighted by Gasteiger charge is -2.29. The summed E-state index contributed by atoms with van der Waals surface area (Å²) in [5.74, 6) is -0.198. The molecule has 38 heavy (non-hydrogen) atoms. The second-order valence-electron chi connectivity index (χ2n) is 12.0. The van der Waals surface area contributed by atoms with Crippen LogP contribution in [0, 0.1) is 18.8 Å². The van der Waals surface area contributed by atoms with Gasteiger partial charge in [0.15, 0.2) is 0 Å². The Hall–Kier alpha value is -2.35. The molecule has 8 heteroatoms. The van der Waals surface area contributed by atoms with Crippen LogP contribution in [-0.2, 0) is 4.79 Å². The lowest BCUT2D eigenvalue weighted by molar-refractivity contribution is -0.130. The fourth-order valence-corrected chi connectivity index (χ4v) is 6.43. The van der Waals surface area contributed by atoms with Gasteiger partial charge in [0.1, 0.15) is 11.6 Å². The Labute approximate surface area is 226 Å². The van der Waals surface area contributed by atoms with Gasteiger partial charge in [-0.05, 0) is 63.4 Å². The van der Waals surface area contributed by atoms with Crippen molar-refractivity contribution in [2.75, 3.05) is 0 Å². The molecule has 2 aliphatic carbocycles. The molecule has 2 aromatic rings. The Kier molecular flexibility index (Phi) is 9.55. The first-order chi connectivity index (χ1) is 18.1. The largest absolute Gasteiger partial charge is 0.349 e. The molecule has 4 rings (SSSR count). The van der Waals surface area contributed by atoms with Gasteiger partial charge in [-0.3, -0.25) is 4.79 Å². The summed E-state index contributed by atoms with van der Waals surface area (Å²) in [5.41, 5.74) is 7.59. The molecular weight excluding hydrogens is 484 g/mol. The van der Waals surface area contributed by atoms with Crippen LogP contribution in [0.25, 0.3) is 0 Å². The number of carbonyl (C=O) groups excluding carboxylic acids is 1. The minimum absolute atomic E-state index is 0.0841. The lowest BCUT2D eigenvalue weighted by Crippen LogP contribution is -2.37. The normalized spacial score (nSPS) is 25.2. The number of carbonyl (C=O) groups is 1. The molecule has 4 atom stereocenters. The number of nitrogens with one attached hydrogen (secondary N) is 1. The number of rotatable bonds is 9. The quantitative estimate of drug-likeness (QED) is 0.357. The maximum Gasteiger partial charge on any atom is 0.248 e. The Morgan fingerprint density at radius 1 is 1.11 bits per heavy atom. The summed E-state index contributed by atoms with van der Waals surface area (Å²) < 4.78 is 29.6. The van der Waals surface area contributed by atoms with E-state index in [0.29, 0.717) is 17.9 Å². The molecule has 3 unspecified atom stereocenters. The van der Waals surface area contributed by atoms with E-state index in [-0.39, 0.29) is 49.6 Å². The van der Waals surface area contributed by atoms with Crippen molar-refractivity contribution in [3.63, 3.8) is 0 Å². The van der Waals surface area contributed by atoms with Crippen LogP contribution >= 0.6 is 0 Å². The maximum absolute atomic E-state index is 13.6. The van der Waals surface area contributed by atoms with Crippen LogP contribution in [0.5, 0.6) is 0 Å². The van der Waals surface area contributed by atoms with Crippen LogP contribution < -0.4 is 11.1 Å². The molecule has 0 spiro atoms. The number of nitrogens with two attached hydrogens (primary N) is 1. The fourth-order valence-electron chi connectivity index (χ4n) is 6.43. The molecule has 210 valence electrons. The molecule has 0 radical (unpaired) electrons. The summed E-state index contributed by atoms with van der Waals surface area (Å²) in [7, 11) is 0. The van der Waals surface area contributed by atoms with E-state index >= 15 is 0 Å². The maximum atomic E-state index is 13.6. The predicted molar refractivity (Wildman–Crippen MR) is 146 cm³/mol. The summed E-state index contributed by atoms with van der Waals surface area (Å²) in [6.45, 7) is 6.35. The van der Waals surface area contributed by atoms with Crippen LogP contribution in [0.1, 0.15) is 120 Å². The number of amides is 1. The topological polar surface area (TPSA) is 85.8 Å². The van der Waals surface area contributed by atoms with E-state index in [1.807, 2.05) is 37.3 Å². The third-order valence-electron chi connectivity index (χ3n) is 8.61. The number of aromatic nitrogens is 3. The van der Waals surface area contributed by atoms with E-state index < -0.39 is 5.92 Å². The molecule has 2 fully saturated rings. The van der Waals surface area contributed by atoms with Gasteiger partial charge >= 0.3 is 0 Å². The van der Waals surface area contributed by atoms with Crippen LogP contribution in [0.2, 0.25) is 0 Å². The van der Waals surface area contributed by atoms with E-state index in [1.165, 1.54) is 0 Å². The first-order valence-electron chi connectivity index (χ1n) is 14.5. The monoisotopic (exact) mass is 529 g/mol. The minimum atomic E-state index is -2.63. The molecule has 1 aromatic carbocycles. The molecular formula is C30H45F2N5O. The van der Waals surface area contributed by atoms with E-state index in [2.05, 4.69) is 33.9 Å². The number of nitrogens with zero attached hydrogens (tertiary/aromatic N) is 3. The number of benzene rings is 1. The summed E-state index contributed by atoms with van der Waals surface area (Å²) >= 11 is 0. The second kappa shape index (κ2) is 12.7. The summed E-state index contributed by atoms with van der Waals surface area (Å²) in [5, 5.41) is 12.1. The second-order valence-corrected chi connectivity index (χ2v) is 12.0. The molecule has 0 saturated heterocycles. The van der Waals surface area contributed by atoms with Crippen molar-refractivity contribution >= 4 is 5.91 Å². The highest BCUT2D eigenvalue weighted by atomic mass is 19.3. The number of aryl methyl sites for hydroxylation is 1. The standard InChI is InChI=1S/C30H45F2N5O/c1-20(2)28-36-35-21(3)37(28)26-18-22(12-13-25(33)19-26)8-7-11-27(23-9-5-4-6-10-23)34-29(38)24-14-16-30(31,32)17-15-24/h4-6,9-10,20,22,24-27H,7-8,11-19,33H2,1-3H3,(H,34,38)/t22?,25?,26?,27-/m0/s1. The Morgan fingerprint density at radius 3 is 2.50 bits per heavy atom. The van der Waals surface area contributed by atoms with E-state index in [0.717, 1.165) is 62.2 Å². The van der Waals surface area contributed by atoms with Crippen LogP contribution in [0.3, 0.4) is 0 Å². The summed E-state index contributed by atoms with van der Waals surface area (Å²) in [4.78, 5) is 13.0. The minimum Gasteiger partial charge on any atom is -0.349 e. The van der Waals surface area contributed by atoms with E-state index in [4.69, 9.17) is 5.73 Å². The van der Waals surface area contributed by atoms with Crippen LogP contribution in [-0.4, -0.2) is 32.6 Å². The molecule has 1 aromatic heterocycles. The molecule has 1 amide bonds. The summed E-state index contributed by atoms with van der Waals surface area (Å²) in [6.07, 6.45) is 7.11. The van der Waals surface area contributed by atoms with Crippen LogP contribution in [0.15, 0.2) is 30.3 Å². The van der Waals surface area contributed by atoms with Gasteiger partial charge in [0, 0.05) is 36.8 Å². The number of alkyl halides is 2. The lowest BCUT2D eigenvalue weighted by atomic mass is 9.85. The molecule has 6 nitrogen and oxygen atoms in total. The Balaban J connectivity index is 1.39. The first kappa shape index (κ1) is 28.7. The third-order valence-corrected chi connectivity index (χ3v) is 8.61. The SMILES string of the molecule is Cc1nnc(C(C)C)n1C1CC(N)CCC(CCC[C@H](NC(=O)C2CCC(F)(F)CC2)c2ccccc2)C1. The highest BCUT2D eigenvalue weighted by Crippen LogP contribution is 2.38. The average Bonchev–Trinajstić information content (AvgIpc) is 3.18. The zero-order valence-corrected chi connectivity index (χ0v) is 23.2.